The van der Waals surface area contributed by atoms with Crippen molar-refractivity contribution >= 4 is 23.2 Å². The third-order valence-corrected chi connectivity index (χ3v) is 3.25. The summed E-state index contributed by atoms with van der Waals surface area (Å²) in [4.78, 5) is 22.0. The van der Waals surface area contributed by atoms with Gasteiger partial charge in [-0.1, -0.05) is 41.9 Å². The monoisotopic (exact) mass is 304 g/mol. The predicted octanol–water partition coefficient (Wildman–Crippen LogP) is 3.22. The van der Waals surface area contributed by atoms with Gasteiger partial charge in [-0.2, -0.15) is 0 Å². The fraction of sp³-hybridized carbons (Fsp3) is 0.133. The molecule has 2 aromatic rings. The Morgan fingerprint density at radius 2 is 1.90 bits per heavy atom. The molecule has 2 rings (SSSR count). The van der Waals surface area contributed by atoms with Crippen molar-refractivity contribution in [1.82, 2.24) is 5.32 Å². The quantitative estimate of drug-likeness (QED) is 0.681. The minimum atomic E-state index is -0.584. The summed E-state index contributed by atoms with van der Waals surface area (Å²) in [5, 5.41) is 13.4. The lowest BCUT2D eigenvalue weighted by molar-refractivity contribution is -0.384. The van der Waals surface area contributed by atoms with Gasteiger partial charge in [-0.15, -0.1) is 0 Å². The number of nitrogens with one attached hydrogen (secondary N) is 1. The lowest BCUT2D eigenvalue weighted by Gasteiger charge is -2.06. The van der Waals surface area contributed by atoms with Crippen LogP contribution in [0.1, 0.15) is 15.9 Å². The van der Waals surface area contributed by atoms with E-state index in [9.17, 15) is 14.9 Å². The Bertz CT molecular complexity index is 659. The number of carbonyl (C=O) groups excluding carboxylic acids is 1. The summed E-state index contributed by atoms with van der Waals surface area (Å²) >= 11 is 5.78. The van der Waals surface area contributed by atoms with E-state index in [4.69, 9.17) is 11.6 Å². The third kappa shape index (κ3) is 4.03. The number of hydrogen-bond donors (Lipinski definition) is 1. The van der Waals surface area contributed by atoms with Gasteiger partial charge in [0.2, 0.25) is 0 Å². The van der Waals surface area contributed by atoms with Gasteiger partial charge in [-0.05, 0) is 24.1 Å². The van der Waals surface area contributed by atoms with Crippen LogP contribution in [0.2, 0.25) is 5.02 Å². The average Bonchev–Trinajstić information content (AvgIpc) is 2.47. The molecule has 6 heteroatoms. The maximum atomic E-state index is 11.9. The highest BCUT2D eigenvalue weighted by Crippen LogP contribution is 2.24. The van der Waals surface area contributed by atoms with Crippen molar-refractivity contribution in [3.05, 3.63) is 74.8 Å². The van der Waals surface area contributed by atoms with Crippen LogP contribution in [0.3, 0.4) is 0 Å². The highest BCUT2D eigenvalue weighted by Gasteiger charge is 2.14. The van der Waals surface area contributed by atoms with Crippen LogP contribution in [-0.2, 0) is 6.42 Å². The Kier molecular flexibility index (Phi) is 4.90. The summed E-state index contributed by atoms with van der Waals surface area (Å²) in [6.45, 7) is 0.484. The molecule has 0 aromatic heterocycles. The van der Waals surface area contributed by atoms with Crippen LogP contribution < -0.4 is 5.32 Å². The summed E-state index contributed by atoms with van der Waals surface area (Å²) in [5.41, 5.74) is 1.22. The van der Waals surface area contributed by atoms with Gasteiger partial charge in [-0.3, -0.25) is 14.9 Å². The standard InChI is InChI=1S/C15H13ClN2O3/c16-13-10-12(6-7-14(13)18(20)21)15(19)17-9-8-11-4-2-1-3-5-11/h1-7,10H,8-9H2,(H,17,19). The number of hydrogen-bond acceptors (Lipinski definition) is 3. The number of halogens is 1. The molecule has 5 nitrogen and oxygen atoms in total. The molecule has 0 saturated carbocycles. The van der Waals surface area contributed by atoms with Crippen molar-refractivity contribution in [1.29, 1.82) is 0 Å². The summed E-state index contributed by atoms with van der Waals surface area (Å²) in [5.74, 6) is -0.303. The predicted molar refractivity (Wildman–Crippen MR) is 80.6 cm³/mol. The van der Waals surface area contributed by atoms with Gasteiger partial charge in [0, 0.05) is 18.2 Å². The van der Waals surface area contributed by atoms with E-state index in [0.717, 1.165) is 5.56 Å². The second kappa shape index (κ2) is 6.85. The Hall–Kier alpha value is -2.40. The van der Waals surface area contributed by atoms with Gasteiger partial charge in [0.15, 0.2) is 0 Å². The Morgan fingerprint density at radius 3 is 2.52 bits per heavy atom. The number of rotatable bonds is 5. The molecule has 0 heterocycles. The molecule has 0 aliphatic rings. The molecule has 0 aliphatic carbocycles. The van der Waals surface area contributed by atoms with Crippen molar-refractivity contribution < 1.29 is 9.72 Å². The lowest BCUT2D eigenvalue weighted by Crippen LogP contribution is -2.25. The van der Waals surface area contributed by atoms with E-state index in [1.807, 2.05) is 30.3 Å². The van der Waals surface area contributed by atoms with Crippen LogP contribution >= 0.6 is 11.6 Å². The van der Waals surface area contributed by atoms with Gasteiger partial charge in [-0.25, -0.2) is 0 Å². The molecule has 1 N–H and O–H groups in total. The molecule has 0 radical (unpaired) electrons. The summed E-state index contributed by atoms with van der Waals surface area (Å²) in [6, 6.07) is 13.7. The lowest BCUT2D eigenvalue weighted by atomic mass is 10.1. The molecule has 1 amide bonds. The fourth-order valence-electron chi connectivity index (χ4n) is 1.86. The topological polar surface area (TPSA) is 72.2 Å². The molecular weight excluding hydrogens is 292 g/mol. The molecule has 0 aliphatic heterocycles. The zero-order chi connectivity index (χ0) is 15.2. The molecule has 0 spiro atoms. The van der Waals surface area contributed by atoms with Crippen LogP contribution in [-0.4, -0.2) is 17.4 Å². The Morgan fingerprint density at radius 1 is 1.19 bits per heavy atom. The van der Waals surface area contributed by atoms with E-state index >= 15 is 0 Å². The molecule has 0 fully saturated rings. The van der Waals surface area contributed by atoms with Crippen molar-refractivity contribution in [3.8, 4) is 0 Å². The zero-order valence-electron chi connectivity index (χ0n) is 11.1. The molecule has 2 aromatic carbocycles. The maximum Gasteiger partial charge on any atom is 0.287 e. The van der Waals surface area contributed by atoms with E-state index in [1.165, 1.54) is 18.2 Å². The van der Waals surface area contributed by atoms with Crippen LogP contribution in [0.15, 0.2) is 48.5 Å². The highest BCUT2D eigenvalue weighted by atomic mass is 35.5. The molecule has 0 bridgehead atoms. The number of nitrogens with zero attached hydrogens (tertiary/aromatic N) is 1. The summed E-state index contributed by atoms with van der Waals surface area (Å²) in [7, 11) is 0. The van der Waals surface area contributed by atoms with Gasteiger partial charge < -0.3 is 5.32 Å². The second-order valence-corrected chi connectivity index (χ2v) is 4.82. The number of benzene rings is 2. The van der Waals surface area contributed by atoms with Crippen molar-refractivity contribution in [2.45, 2.75) is 6.42 Å². The fourth-order valence-corrected chi connectivity index (χ4v) is 2.11. The van der Waals surface area contributed by atoms with E-state index in [1.54, 1.807) is 0 Å². The van der Waals surface area contributed by atoms with Crippen molar-refractivity contribution in [2.75, 3.05) is 6.54 Å². The van der Waals surface area contributed by atoms with E-state index < -0.39 is 4.92 Å². The first kappa shape index (κ1) is 15.0. The minimum absolute atomic E-state index is 0.0456. The van der Waals surface area contributed by atoms with Gasteiger partial charge in [0.25, 0.3) is 11.6 Å². The smallest absolute Gasteiger partial charge is 0.287 e. The van der Waals surface area contributed by atoms with Crippen LogP contribution in [0.4, 0.5) is 5.69 Å². The normalized spacial score (nSPS) is 10.1. The number of amides is 1. The number of carbonyl (C=O) groups is 1. The number of nitro groups is 1. The molecule has 0 unspecified atom stereocenters. The van der Waals surface area contributed by atoms with E-state index in [0.29, 0.717) is 18.5 Å². The molecule has 108 valence electrons. The number of nitro benzene ring substituents is 1. The molecule has 0 atom stereocenters. The molecular formula is C15H13ClN2O3. The summed E-state index contributed by atoms with van der Waals surface area (Å²) in [6.07, 6.45) is 0.716. The first-order valence-electron chi connectivity index (χ1n) is 6.34. The van der Waals surface area contributed by atoms with Crippen LogP contribution in [0, 0.1) is 10.1 Å². The van der Waals surface area contributed by atoms with Crippen molar-refractivity contribution in [2.24, 2.45) is 0 Å². The Balaban J connectivity index is 1.94. The zero-order valence-corrected chi connectivity index (χ0v) is 11.8. The first-order chi connectivity index (χ1) is 10.1. The highest BCUT2D eigenvalue weighted by molar-refractivity contribution is 6.33. The van der Waals surface area contributed by atoms with Crippen molar-refractivity contribution in [3.63, 3.8) is 0 Å². The first-order valence-corrected chi connectivity index (χ1v) is 6.72. The van der Waals surface area contributed by atoms with Gasteiger partial charge in [0.05, 0.1) is 4.92 Å². The SMILES string of the molecule is O=C(NCCc1ccccc1)c1ccc([N+](=O)[O-])c(Cl)c1. The largest absolute Gasteiger partial charge is 0.352 e. The van der Waals surface area contributed by atoms with Crippen LogP contribution in [0.5, 0.6) is 0 Å². The van der Waals surface area contributed by atoms with Crippen LogP contribution in [0.25, 0.3) is 0 Å². The third-order valence-electron chi connectivity index (χ3n) is 2.95. The minimum Gasteiger partial charge on any atom is -0.352 e. The average molecular weight is 305 g/mol. The maximum absolute atomic E-state index is 11.9. The van der Waals surface area contributed by atoms with E-state index in [2.05, 4.69) is 5.32 Å². The Labute approximate surface area is 126 Å². The molecule has 21 heavy (non-hydrogen) atoms. The van der Waals surface area contributed by atoms with Gasteiger partial charge >= 0.3 is 0 Å². The molecule has 0 saturated heterocycles. The van der Waals surface area contributed by atoms with Gasteiger partial charge in [0.1, 0.15) is 5.02 Å². The van der Waals surface area contributed by atoms with E-state index in [-0.39, 0.29) is 16.6 Å². The second-order valence-electron chi connectivity index (χ2n) is 4.41. The summed E-state index contributed by atoms with van der Waals surface area (Å²) < 4.78 is 0.